The van der Waals surface area contributed by atoms with Crippen LogP contribution in [0.5, 0.6) is 0 Å². The van der Waals surface area contributed by atoms with Gasteiger partial charge in [0.2, 0.25) is 15.9 Å². The summed E-state index contributed by atoms with van der Waals surface area (Å²) in [5, 5.41) is 2.99. The maximum Gasteiger partial charge on any atom is 0.243 e. The van der Waals surface area contributed by atoms with Crippen molar-refractivity contribution in [2.45, 2.75) is 52.1 Å². The van der Waals surface area contributed by atoms with Crippen molar-refractivity contribution in [2.24, 2.45) is 0 Å². The van der Waals surface area contributed by atoms with Crippen LogP contribution < -0.4 is 5.32 Å². The van der Waals surface area contributed by atoms with E-state index in [0.717, 1.165) is 27.8 Å². The van der Waals surface area contributed by atoms with E-state index < -0.39 is 10.0 Å². The van der Waals surface area contributed by atoms with Gasteiger partial charge in [0.25, 0.3) is 0 Å². The zero-order chi connectivity index (χ0) is 24.2. The lowest BCUT2D eigenvalue weighted by molar-refractivity contribution is -0.122. The first kappa shape index (κ1) is 24.7. The standard InChI is InChI=1S/C27H32N2O3S/c1-19-11-13-25(14-12-19)33(31,32)29(17-24-9-7-6-8-10-24)18-27(30)28-23(5)26-16-21(3)20(2)15-22(26)4/h6-16,23H,17-18H2,1-5H3,(H,28,30)/t23-/m1/s1. The molecule has 1 amide bonds. The van der Waals surface area contributed by atoms with Crippen LogP contribution in [0.3, 0.4) is 0 Å². The summed E-state index contributed by atoms with van der Waals surface area (Å²) in [5.74, 6) is -0.341. The van der Waals surface area contributed by atoms with Gasteiger partial charge in [0, 0.05) is 6.54 Å². The zero-order valence-corrected chi connectivity index (χ0v) is 20.7. The molecule has 6 heteroatoms. The molecule has 3 aromatic carbocycles. The van der Waals surface area contributed by atoms with E-state index in [9.17, 15) is 13.2 Å². The van der Waals surface area contributed by atoms with E-state index in [1.807, 2.05) is 58.0 Å². The molecule has 1 atom stereocenters. The van der Waals surface area contributed by atoms with Crippen molar-refractivity contribution < 1.29 is 13.2 Å². The van der Waals surface area contributed by atoms with Crippen LogP contribution in [0.15, 0.2) is 71.6 Å². The predicted octanol–water partition coefficient (Wildman–Crippen LogP) is 4.99. The molecule has 0 heterocycles. The molecule has 0 saturated carbocycles. The first-order chi connectivity index (χ1) is 15.6. The van der Waals surface area contributed by atoms with Gasteiger partial charge in [0.1, 0.15) is 0 Å². The lowest BCUT2D eigenvalue weighted by Crippen LogP contribution is -2.41. The molecule has 0 aliphatic carbocycles. The number of rotatable bonds is 8. The second kappa shape index (κ2) is 10.3. The summed E-state index contributed by atoms with van der Waals surface area (Å²) in [4.78, 5) is 13.2. The summed E-state index contributed by atoms with van der Waals surface area (Å²) >= 11 is 0. The Bertz CT molecular complexity index is 1220. The zero-order valence-electron chi connectivity index (χ0n) is 19.9. The Kier molecular flexibility index (Phi) is 7.72. The van der Waals surface area contributed by atoms with Gasteiger partial charge in [-0.3, -0.25) is 4.79 Å². The van der Waals surface area contributed by atoms with Crippen LogP contribution in [0.2, 0.25) is 0 Å². The van der Waals surface area contributed by atoms with Crippen LogP contribution in [0.4, 0.5) is 0 Å². The minimum atomic E-state index is -3.86. The van der Waals surface area contributed by atoms with E-state index in [4.69, 9.17) is 0 Å². The first-order valence-electron chi connectivity index (χ1n) is 11.1. The van der Waals surface area contributed by atoms with Crippen molar-refractivity contribution >= 4 is 15.9 Å². The van der Waals surface area contributed by atoms with Crippen molar-refractivity contribution in [3.63, 3.8) is 0 Å². The Morgan fingerprint density at radius 3 is 2.12 bits per heavy atom. The molecule has 5 nitrogen and oxygen atoms in total. The highest BCUT2D eigenvalue weighted by atomic mass is 32.2. The molecule has 0 spiro atoms. The SMILES string of the molecule is Cc1ccc(S(=O)(=O)N(CC(=O)N[C@H](C)c2cc(C)c(C)cc2C)Cc2ccccc2)cc1. The minimum Gasteiger partial charge on any atom is -0.348 e. The van der Waals surface area contributed by atoms with Crippen LogP contribution in [-0.4, -0.2) is 25.2 Å². The molecule has 33 heavy (non-hydrogen) atoms. The molecule has 3 rings (SSSR count). The normalized spacial score (nSPS) is 12.5. The van der Waals surface area contributed by atoms with E-state index in [2.05, 4.69) is 24.4 Å². The number of aryl methyl sites for hydroxylation is 4. The number of amides is 1. The fourth-order valence-corrected chi connectivity index (χ4v) is 5.23. The summed E-state index contributed by atoms with van der Waals surface area (Å²) in [6.07, 6.45) is 0. The van der Waals surface area contributed by atoms with E-state index in [0.29, 0.717) is 0 Å². The van der Waals surface area contributed by atoms with Gasteiger partial charge in [-0.05, 0) is 74.6 Å². The van der Waals surface area contributed by atoms with Crippen molar-refractivity contribution in [1.82, 2.24) is 9.62 Å². The Labute approximate surface area is 197 Å². The molecule has 0 unspecified atom stereocenters. The van der Waals surface area contributed by atoms with Crippen molar-refractivity contribution in [2.75, 3.05) is 6.54 Å². The Morgan fingerprint density at radius 1 is 0.879 bits per heavy atom. The average Bonchev–Trinajstić information content (AvgIpc) is 2.76. The molecule has 3 aromatic rings. The quantitative estimate of drug-likeness (QED) is 0.511. The fourth-order valence-electron chi connectivity index (χ4n) is 3.85. The van der Waals surface area contributed by atoms with Crippen LogP contribution in [-0.2, 0) is 21.4 Å². The lowest BCUT2D eigenvalue weighted by Gasteiger charge is -2.24. The van der Waals surface area contributed by atoms with Gasteiger partial charge in [-0.1, -0.05) is 60.2 Å². The van der Waals surface area contributed by atoms with E-state index >= 15 is 0 Å². The third kappa shape index (κ3) is 6.09. The number of carbonyl (C=O) groups excluding carboxylic acids is 1. The number of sulfonamides is 1. The van der Waals surface area contributed by atoms with Gasteiger partial charge in [-0.15, -0.1) is 0 Å². The molecule has 1 N–H and O–H groups in total. The van der Waals surface area contributed by atoms with E-state index in [1.165, 1.54) is 9.87 Å². The van der Waals surface area contributed by atoms with E-state index in [-0.39, 0.29) is 29.9 Å². The minimum absolute atomic E-state index is 0.113. The monoisotopic (exact) mass is 464 g/mol. The van der Waals surface area contributed by atoms with Crippen LogP contribution >= 0.6 is 0 Å². The number of hydrogen-bond acceptors (Lipinski definition) is 3. The molecule has 0 radical (unpaired) electrons. The molecular formula is C27H32N2O3S. The van der Waals surface area contributed by atoms with Crippen LogP contribution in [0.1, 0.15) is 46.3 Å². The largest absolute Gasteiger partial charge is 0.348 e. The number of benzene rings is 3. The summed E-state index contributed by atoms with van der Waals surface area (Å²) in [6, 6.07) is 20.0. The average molecular weight is 465 g/mol. The van der Waals surface area contributed by atoms with Gasteiger partial charge in [-0.2, -0.15) is 4.31 Å². The smallest absolute Gasteiger partial charge is 0.243 e. The maximum absolute atomic E-state index is 13.4. The fraction of sp³-hybridized carbons (Fsp3) is 0.296. The number of hydrogen-bond donors (Lipinski definition) is 1. The Balaban J connectivity index is 1.84. The van der Waals surface area contributed by atoms with E-state index in [1.54, 1.807) is 24.3 Å². The van der Waals surface area contributed by atoms with Gasteiger partial charge >= 0.3 is 0 Å². The number of carbonyl (C=O) groups is 1. The predicted molar refractivity (Wildman–Crippen MR) is 132 cm³/mol. The third-order valence-corrected chi connectivity index (χ3v) is 7.71. The number of nitrogens with zero attached hydrogens (tertiary/aromatic N) is 1. The summed E-state index contributed by atoms with van der Waals surface area (Å²) in [5.41, 5.74) is 6.28. The Hall–Kier alpha value is -2.96. The maximum atomic E-state index is 13.4. The second-order valence-corrected chi connectivity index (χ2v) is 10.6. The highest BCUT2D eigenvalue weighted by molar-refractivity contribution is 7.89. The number of nitrogens with one attached hydrogen (secondary N) is 1. The van der Waals surface area contributed by atoms with Crippen molar-refractivity contribution in [3.8, 4) is 0 Å². The van der Waals surface area contributed by atoms with Gasteiger partial charge < -0.3 is 5.32 Å². The van der Waals surface area contributed by atoms with Gasteiger partial charge in [0.15, 0.2) is 0 Å². The second-order valence-electron chi connectivity index (χ2n) is 8.65. The topological polar surface area (TPSA) is 66.5 Å². The summed E-state index contributed by atoms with van der Waals surface area (Å²) < 4.78 is 28.1. The van der Waals surface area contributed by atoms with Crippen molar-refractivity contribution in [1.29, 1.82) is 0 Å². The molecule has 0 aromatic heterocycles. The molecule has 0 bridgehead atoms. The van der Waals surface area contributed by atoms with Gasteiger partial charge in [-0.25, -0.2) is 8.42 Å². The molecule has 0 fully saturated rings. The lowest BCUT2D eigenvalue weighted by atomic mass is 9.96. The summed E-state index contributed by atoms with van der Waals surface area (Å²) in [6.45, 7) is 9.80. The molecule has 0 saturated heterocycles. The molecule has 174 valence electrons. The Morgan fingerprint density at radius 2 is 1.48 bits per heavy atom. The highest BCUT2D eigenvalue weighted by Gasteiger charge is 2.27. The third-order valence-electron chi connectivity index (χ3n) is 5.91. The van der Waals surface area contributed by atoms with Crippen LogP contribution in [0, 0.1) is 27.7 Å². The first-order valence-corrected chi connectivity index (χ1v) is 12.5. The highest BCUT2D eigenvalue weighted by Crippen LogP contribution is 2.23. The molecular weight excluding hydrogens is 432 g/mol. The van der Waals surface area contributed by atoms with Gasteiger partial charge in [0.05, 0.1) is 17.5 Å². The van der Waals surface area contributed by atoms with Crippen LogP contribution in [0.25, 0.3) is 0 Å². The summed E-state index contributed by atoms with van der Waals surface area (Å²) in [7, 11) is -3.86. The van der Waals surface area contributed by atoms with Crippen molar-refractivity contribution in [3.05, 3.63) is 100 Å². The molecule has 0 aliphatic heterocycles. The molecule has 0 aliphatic rings.